The van der Waals surface area contributed by atoms with E-state index in [0.29, 0.717) is 13.1 Å². The van der Waals surface area contributed by atoms with Crippen LogP contribution >= 0.6 is 0 Å². The second-order valence-corrected chi connectivity index (χ2v) is 11.9. The highest BCUT2D eigenvalue weighted by Gasteiger charge is 2.30. The Bertz CT molecular complexity index is 1300. The van der Waals surface area contributed by atoms with E-state index in [0.717, 1.165) is 42.5 Å². The maximum atomic E-state index is 13.2. The summed E-state index contributed by atoms with van der Waals surface area (Å²) >= 11 is 0. The lowest BCUT2D eigenvalue weighted by atomic mass is 9.76. The van der Waals surface area contributed by atoms with Gasteiger partial charge in [0.25, 0.3) is 0 Å². The monoisotopic (exact) mass is 502 g/mol. The zero-order valence-corrected chi connectivity index (χ0v) is 20.9. The van der Waals surface area contributed by atoms with E-state index >= 15 is 0 Å². The molecule has 3 aliphatic rings. The lowest BCUT2D eigenvalue weighted by Gasteiger charge is -2.31. The molecule has 0 saturated heterocycles. The SMILES string of the molecule is CC(C)(C)OC(=O)NCC1COc2c(S(N)(=O)=NC(=O)Nc3c4c(cc5c3CC5)CC4)cnn2C1. The molecule has 2 unspecified atom stereocenters. The quantitative estimate of drug-likeness (QED) is 0.585. The molecule has 2 aromatic rings. The highest BCUT2D eigenvalue weighted by atomic mass is 32.2. The van der Waals surface area contributed by atoms with Crippen LogP contribution in [0.2, 0.25) is 0 Å². The number of hydrogen-bond donors (Lipinski definition) is 3. The van der Waals surface area contributed by atoms with Crippen LogP contribution in [-0.4, -0.2) is 44.9 Å². The Balaban J connectivity index is 1.27. The van der Waals surface area contributed by atoms with Crippen LogP contribution in [0.25, 0.3) is 0 Å². The fourth-order valence-electron chi connectivity index (χ4n) is 4.52. The number of carbonyl (C=O) groups is 2. The van der Waals surface area contributed by atoms with E-state index in [1.165, 1.54) is 22.0 Å². The molecule has 1 aliphatic heterocycles. The van der Waals surface area contributed by atoms with Crippen molar-refractivity contribution >= 4 is 27.7 Å². The number of nitrogens with two attached hydrogens (primary N) is 1. The fraction of sp³-hybridized carbons (Fsp3) is 0.522. The molecule has 5 rings (SSSR count). The van der Waals surface area contributed by atoms with E-state index in [9.17, 15) is 13.8 Å². The Kier molecular flexibility index (Phi) is 5.75. The number of urea groups is 1. The normalized spacial score (nSPS) is 19.4. The first kappa shape index (κ1) is 23.6. The summed E-state index contributed by atoms with van der Waals surface area (Å²) < 4.78 is 29.6. The van der Waals surface area contributed by atoms with Crippen molar-refractivity contribution in [1.82, 2.24) is 15.1 Å². The van der Waals surface area contributed by atoms with E-state index < -0.39 is 27.6 Å². The number of fused-ring (bicyclic) bond motifs is 3. The van der Waals surface area contributed by atoms with Gasteiger partial charge in [0, 0.05) is 18.2 Å². The molecule has 0 spiro atoms. The van der Waals surface area contributed by atoms with Gasteiger partial charge in [0.05, 0.1) is 19.3 Å². The van der Waals surface area contributed by atoms with Crippen LogP contribution in [0, 0.1) is 5.92 Å². The van der Waals surface area contributed by atoms with Gasteiger partial charge in [-0.1, -0.05) is 6.07 Å². The topological polar surface area (TPSA) is 150 Å². The van der Waals surface area contributed by atoms with Crippen molar-refractivity contribution in [2.75, 3.05) is 18.5 Å². The molecule has 2 atom stereocenters. The number of nitrogens with one attached hydrogen (secondary N) is 2. The Morgan fingerprint density at radius 2 is 1.94 bits per heavy atom. The zero-order valence-electron chi connectivity index (χ0n) is 20.1. The number of ether oxygens (including phenoxy) is 2. The highest BCUT2D eigenvalue weighted by Crippen LogP contribution is 2.40. The zero-order chi connectivity index (χ0) is 25.0. The van der Waals surface area contributed by atoms with Crippen molar-refractivity contribution in [2.24, 2.45) is 15.4 Å². The summed E-state index contributed by atoms with van der Waals surface area (Å²) in [7, 11) is -3.59. The van der Waals surface area contributed by atoms with E-state index in [4.69, 9.17) is 14.6 Å². The van der Waals surface area contributed by atoms with Gasteiger partial charge in [-0.2, -0.15) is 5.10 Å². The molecular formula is C23H30N6O5S. The lowest BCUT2D eigenvalue weighted by Crippen LogP contribution is -2.39. The van der Waals surface area contributed by atoms with Crippen molar-refractivity contribution < 1.29 is 23.3 Å². The summed E-state index contributed by atoms with van der Waals surface area (Å²) in [5.41, 5.74) is 4.98. The van der Waals surface area contributed by atoms with Gasteiger partial charge < -0.3 is 20.1 Å². The number of hydrogen-bond acceptors (Lipinski definition) is 6. The van der Waals surface area contributed by atoms with Gasteiger partial charge in [-0.3, -0.25) is 0 Å². The molecule has 2 aliphatic carbocycles. The summed E-state index contributed by atoms with van der Waals surface area (Å²) in [4.78, 5) is 24.7. The van der Waals surface area contributed by atoms with E-state index in [1.807, 2.05) is 0 Å². The first-order valence-corrected chi connectivity index (χ1v) is 13.3. The van der Waals surface area contributed by atoms with Crippen molar-refractivity contribution in [3.8, 4) is 5.88 Å². The predicted octanol–water partition coefficient (Wildman–Crippen LogP) is 2.55. The molecule has 1 aromatic carbocycles. The Hall–Kier alpha value is -3.12. The molecule has 0 fully saturated rings. The highest BCUT2D eigenvalue weighted by molar-refractivity contribution is 7.91. The number of alkyl carbamates (subject to hydrolysis) is 1. The molecule has 0 bridgehead atoms. The van der Waals surface area contributed by atoms with Crippen molar-refractivity contribution in [2.45, 2.75) is 63.5 Å². The number of nitrogens with zero attached hydrogens (tertiary/aromatic N) is 3. The number of carbonyl (C=O) groups excluding carboxylic acids is 2. The molecule has 35 heavy (non-hydrogen) atoms. The summed E-state index contributed by atoms with van der Waals surface area (Å²) in [6.07, 6.45) is 4.63. The van der Waals surface area contributed by atoms with Crippen LogP contribution in [0.5, 0.6) is 5.88 Å². The minimum atomic E-state index is -3.59. The Morgan fingerprint density at radius 1 is 1.26 bits per heavy atom. The number of rotatable bonds is 4. The Morgan fingerprint density at radius 3 is 2.54 bits per heavy atom. The van der Waals surface area contributed by atoms with Gasteiger partial charge in [-0.15, -0.1) is 4.36 Å². The fourth-order valence-corrected chi connectivity index (χ4v) is 5.52. The van der Waals surface area contributed by atoms with E-state index in [-0.39, 0.29) is 23.3 Å². The van der Waals surface area contributed by atoms with Crippen LogP contribution in [0.15, 0.2) is 21.5 Å². The molecule has 0 saturated carbocycles. The number of aryl methyl sites for hydroxylation is 2. The molecule has 4 N–H and O–H groups in total. The van der Waals surface area contributed by atoms with Gasteiger partial charge in [-0.05, 0) is 68.7 Å². The van der Waals surface area contributed by atoms with E-state index in [2.05, 4.69) is 26.2 Å². The number of aromatic nitrogens is 2. The maximum absolute atomic E-state index is 13.2. The number of benzene rings is 1. The lowest BCUT2D eigenvalue weighted by molar-refractivity contribution is 0.0502. The average Bonchev–Trinajstić information content (AvgIpc) is 3.12. The van der Waals surface area contributed by atoms with Crippen molar-refractivity contribution in [1.29, 1.82) is 0 Å². The third-order valence-corrected chi connectivity index (χ3v) is 7.71. The standard InChI is InChI=1S/C23H30N6O5S/c1-23(2,3)34-22(31)25-9-13-11-29-20(33-12-13)18(10-26-29)35(24,32)28-21(30)27-19-16-6-4-14(16)8-15-5-7-17(15)19/h8,10,13H,4-7,9,11-12H2,1-3H3,(H,25,31)(H3,24,27,28,30,32). The van der Waals surface area contributed by atoms with Crippen LogP contribution in [0.1, 0.15) is 43.0 Å². The third kappa shape index (κ3) is 4.72. The number of amides is 3. The minimum absolute atomic E-state index is 0.0697. The summed E-state index contributed by atoms with van der Waals surface area (Å²) in [5.74, 6) is 0.140. The van der Waals surface area contributed by atoms with Gasteiger partial charge in [0.15, 0.2) is 9.92 Å². The van der Waals surface area contributed by atoms with Crippen molar-refractivity contribution in [3.63, 3.8) is 0 Å². The second-order valence-electron chi connectivity index (χ2n) is 10.2. The molecule has 188 valence electrons. The number of anilines is 1. The molecular weight excluding hydrogens is 472 g/mol. The van der Waals surface area contributed by atoms with Gasteiger partial charge >= 0.3 is 12.1 Å². The molecule has 11 nitrogen and oxygen atoms in total. The maximum Gasteiger partial charge on any atom is 0.407 e. The smallest absolute Gasteiger partial charge is 0.407 e. The first-order chi connectivity index (χ1) is 16.5. The molecule has 1 aromatic heterocycles. The van der Waals surface area contributed by atoms with Crippen LogP contribution in [-0.2, 0) is 46.9 Å². The Labute approximate surface area is 204 Å². The minimum Gasteiger partial charge on any atom is -0.476 e. The molecule has 2 heterocycles. The molecule has 12 heteroatoms. The summed E-state index contributed by atoms with van der Waals surface area (Å²) in [6.45, 7) is 6.35. The molecule has 3 amide bonds. The average molecular weight is 503 g/mol. The first-order valence-electron chi connectivity index (χ1n) is 11.7. The van der Waals surface area contributed by atoms with Crippen molar-refractivity contribution in [3.05, 3.63) is 34.5 Å². The van der Waals surface area contributed by atoms with Gasteiger partial charge in [0.2, 0.25) is 5.88 Å². The van der Waals surface area contributed by atoms with Gasteiger partial charge in [0.1, 0.15) is 10.5 Å². The predicted molar refractivity (Wildman–Crippen MR) is 129 cm³/mol. The van der Waals surface area contributed by atoms with Gasteiger partial charge in [-0.25, -0.2) is 23.6 Å². The third-order valence-electron chi connectivity index (χ3n) is 6.36. The summed E-state index contributed by atoms with van der Waals surface area (Å²) in [6, 6.07) is 1.46. The molecule has 0 radical (unpaired) electrons. The van der Waals surface area contributed by atoms with Crippen LogP contribution in [0.3, 0.4) is 0 Å². The second kappa shape index (κ2) is 8.52. The van der Waals surface area contributed by atoms with E-state index in [1.54, 1.807) is 20.8 Å². The van der Waals surface area contributed by atoms with Crippen LogP contribution in [0.4, 0.5) is 15.3 Å². The largest absolute Gasteiger partial charge is 0.476 e. The van der Waals surface area contributed by atoms with Crippen LogP contribution < -0.4 is 20.5 Å². The summed E-state index contributed by atoms with van der Waals surface area (Å²) in [5, 5.41) is 15.8.